The Morgan fingerprint density at radius 3 is 2.38 bits per heavy atom. The van der Waals surface area contributed by atoms with Crippen LogP contribution in [0.15, 0.2) is 60.7 Å². The summed E-state index contributed by atoms with van der Waals surface area (Å²) >= 11 is 0. The SMILES string of the molecule is COc1ccc(CCNC(=O)c2ccc(N3CCC(Cc4ccccc4)CC3)nn2)cc1OC. The Morgan fingerprint density at radius 1 is 0.941 bits per heavy atom. The molecule has 4 rings (SSSR count). The van der Waals surface area contributed by atoms with Crippen LogP contribution in [0.25, 0.3) is 0 Å². The number of rotatable bonds is 9. The minimum atomic E-state index is -0.221. The van der Waals surface area contributed by atoms with Gasteiger partial charge < -0.3 is 19.7 Å². The van der Waals surface area contributed by atoms with Crippen LogP contribution in [-0.2, 0) is 12.8 Å². The number of nitrogens with one attached hydrogen (secondary N) is 1. The van der Waals surface area contributed by atoms with Crippen LogP contribution < -0.4 is 19.7 Å². The van der Waals surface area contributed by atoms with Crippen molar-refractivity contribution in [2.45, 2.75) is 25.7 Å². The first-order chi connectivity index (χ1) is 16.7. The smallest absolute Gasteiger partial charge is 0.271 e. The molecule has 2 heterocycles. The monoisotopic (exact) mass is 460 g/mol. The van der Waals surface area contributed by atoms with E-state index in [1.54, 1.807) is 20.3 Å². The standard InChI is InChI=1S/C27H32N4O3/c1-33-24-10-8-21(19-25(24)34-2)12-15-28-27(32)23-9-11-26(30-29-23)31-16-13-22(14-17-31)18-20-6-4-3-5-7-20/h3-11,19,22H,12-18H2,1-2H3,(H,28,32). The van der Waals surface area contributed by atoms with Crippen molar-refractivity contribution < 1.29 is 14.3 Å². The number of anilines is 1. The lowest BCUT2D eigenvalue weighted by atomic mass is 9.90. The van der Waals surface area contributed by atoms with Crippen molar-refractivity contribution in [1.82, 2.24) is 15.5 Å². The fraction of sp³-hybridized carbons (Fsp3) is 0.370. The molecule has 7 nitrogen and oxygen atoms in total. The first-order valence-corrected chi connectivity index (χ1v) is 11.8. The molecule has 0 saturated carbocycles. The molecule has 1 saturated heterocycles. The molecule has 0 bridgehead atoms. The van der Waals surface area contributed by atoms with Gasteiger partial charge in [0.2, 0.25) is 0 Å². The van der Waals surface area contributed by atoms with Crippen LogP contribution in [0.2, 0.25) is 0 Å². The number of amides is 1. The summed E-state index contributed by atoms with van der Waals surface area (Å²) in [6.07, 6.45) is 4.07. The second-order valence-electron chi connectivity index (χ2n) is 8.59. The molecule has 1 aliphatic heterocycles. The Kier molecular flexibility index (Phi) is 7.96. The average Bonchev–Trinajstić information content (AvgIpc) is 2.89. The van der Waals surface area contributed by atoms with Gasteiger partial charge in [0.1, 0.15) is 0 Å². The molecule has 0 radical (unpaired) electrons. The molecule has 1 N–H and O–H groups in total. The van der Waals surface area contributed by atoms with Gasteiger partial charge >= 0.3 is 0 Å². The number of aromatic nitrogens is 2. The van der Waals surface area contributed by atoms with E-state index in [2.05, 4.69) is 50.7 Å². The maximum absolute atomic E-state index is 12.5. The highest BCUT2D eigenvalue weighted by atomic mass is 16.5. The molecule has 0 atom stereocenters. The summed E-state index contributed by atoms with van der Waals surface area (Å²) in [7, 11) is 3.22. The third kappa shape index (κ3) is 6.04. The Bertz CT molecular complexity index is 1060. The summed E-state index contributed by atoms with van der Waals surface area (Å²) in [6, 6.07) is 20.1. The van der Waals surface area contributed by atoms with Gasteiger partial charge in [0.15, 0.2) is 23.0 Å². The zero-order valence-corrected chi connectivity index (χ0v) is 19.9. The van der Waals surface area contributed by atoms with E-state index >= 15 is 0 Å². The van der Waals surface area contributed by atoms with Gasteiger partial charge in [-0.25, -0.2) is 0 Å². The van der Waals surface area contributed by atoms with Crippen molar-refractivity contribution in [2.75, 3.05) is 38.8 Å². The van der Waals surface area contributed by atoms with E-state index in [0.29, 0.717) is 36.1 Å². The van der Waals surface area contributed by atoms with E-state index in [9.17, 15) is 4.79 Å². The summed E-state index contributed by atoms with van der Waals surface area (Å²) in [5.41, 5.74) is 2.78. The number of hydrogen-bond acceptors (Lipinski definition) is 6. The van der Waals surface area contributed by atoms with Crippen molar-refractivity contribution in [3.05, 3.63) is 77.5 Å². The summed E-state index contributed by atoms with van der Waals surface area (Å²) in [5.74, 6) is 2.67. The lowest BCUT2D eigenvalue weighted by Gasteiger charge is -2.32. The van der Waals surface area contributed by atoms with Gasteiger partial charge in [0.05, 0.1) is 14.2 Å². The first-order valence-electron chi connectivity index (χ1n) is 11.8. The van der Waals surface area contributed by atoms with Gasteiger partial charge in [-0.1, -0.05) is 36.4 Å². The molecule has 0 spiro atoms. The summed E-state index contributed by atoms with van der Waals surface area (Å²) in [4.78, 5) is 14.7. The highest BCUT2D eigenvalue weighted by molar-refractivity contribution is 5.92. The molecule has 178 valence electrons. The van der Waals surface area contributed by atoms with Crippen molar-refractivity contribution in [3.63, 3.8) is 0 Å². The Labute approximate surface area is 201 Å². The zero-order chi connectivity index (χ0) is 23.8. The van der Waals surface area contributed by atoms with Crippen LogP contribution in [0.4, 0.5) is 5.82 Å². The van der Waals surface area contributed by atoms with Crippen LogP contribution in [-0.4, -0.2) is 50.0 Å². The highest BCUT2D eigenvalue weighted by Crippen LogP contribution is 2.27. The molecule has 1 fully saturated rings. The molecule has 34 heavy (non-hydrogen) atoms. The Balaban J connectivity index is 1.24. The predicted octanol–water partition coefficient (Wildman–Crippen LogP) is 3.93. The molecule has 1 amide bonds. The van der Waals surface area contributed by atoms with Gasteiger partial charge in [0, 0.05) is 19.6 Å². The van der Waals surface area contributed by atoms with Gasteiger partial charge in [-0.05, 0) is 67.0 Å². The van der Waals surface area contributed by atoms with Gasteiger partial charge in [0.25, 0.3) is 5.91 Å². The Morgan fingerprint density at radius 2 is 1.71 bits per heavy atom. The third-order valence-electron chi connectivity index (χ3n) is 6.34. The molecule has 1 aromatic heterocycles. The molecule has 0 unspecified atom stereocenters. The number of carbonyl (C=O) groups is 1. The fourth-order valence-electron chi connectivity index (χ4n) is 4.38. The van der Waals surface area contributed by atoms with E-state index in [1.165, 1.54) is 5.56 Å². The van der Waals surface area contributed by atoms with Crippen molar-refractivity contribution >= 4 is 11.7 Å². The number of ether oxygens (including phenoxy) is 2. The summed E-state index contributed by atoms with van der Waals surface area (Å²) < 4.78 is 10.6. The van der Waals surface area contributed by atoms with Gasteiger partial charge in [-0.3, -0.25) is 4.79 Å². The predicted molar refractivity (Wildman–Crippen MR) is 133 cm³/mol. The highest BCUT2D eigenvalue weighted by Gasteiger charge is 2.21. The lowest BCUT2D eigenvalue weighted by Crippen LogP contribution is -2.35. The van der Waals surface area contributed by atoms with E-state index in [-0.39, 0.29) is 5.91 Å². The zero-order valence-electron chi connectivity index (χ0n) is 19.9. The van der Waals surface area contributed by atoms with Crippen LogP contribution in [0.5, 0.6) is 11.5 Å². The fourth-order valence-corrected chi connectivity index (χ4v) is 4.38. The molecular formula is C27H32N4O3. The summed E-state index contributed by atoms with van der Waals surface area (Å²) in [5, 5.41) is 11.4. The molecule has 1 aliphatic rings. The second kappa shape index (κ2) is 11.5. The van der Waals surface area contributed by atoms with Crippen LogP contribution in [0.3, 0.4) is 0 Å². The topological polar surface area (TPSA) is 76.6 Å². The first kappa shape index (κ1) is 23.5. The molecule has 3 aromatic rings. The van der Waals surface area contributed by atoms with E-state index < -0.39 is 0 Å². The van der Waals surface area contributed by atoms with Crippen molar-refractivity contribution in [1.29, 1.82) is 0 Å². The number of carbonyl (C=O) groups excluding carboxylic acids is 1. The quantitative estimate of drug-likeness (QED) is 0.522. The van der Waals surface area contributed by atoms with Crippen molar-refractivity contribution in [3.8, 4) is 11.5 Å². The number of methoxy groups -OCH3 is 2. The molecule has 2 aromatic carbocycles. The number of benzene rings is 2. The van der Waals surface area contributed by atoms with Gasteiger partial charge in [-0.2, -0.15) is 0 Å². The average molecular weight is 461 g/mol. The third-order valence-corrected chi connectivity index (χ3v) is 6.34. The van der Waals surface area contributed by atoms with Crippen LogP contribution in [0.1, 0.15) is 34.5 Å². The number of nitrogens with zero attached hydrogens (tertiary/aromatic N) is 3. The molecular weight excluding hydrogens is 428 g/mol. The normalized spacial score (nSPS) is 14.0. The van der Waals surface area contributed by atoms with E-state index in [1.807, 2.05) is 24.3 Å². The number of hydrogen-bond donors (Lipinski definition) is 1. The minimum Gasteiger partial charge on any atom is -0.493 e. The molecule has 7 heteroatoms. The lowest BCUT2D eigenvalue weighted by molar-refractivity contribution is 0.0948. The van der Waals surface area contributed by atoms with Crippen LogP contribution >= 0.6 is 0 Å². The maximum Gasteiger partial charge on any atom is 0.271 e. The number of piperidine rings is 1. The van der Waals surface area contributed by atoms with Crippen molar-refractivity contribution in [2.24, 2.45) is 5.92 Å². The Hall–Kier alpha value is -3.61. The van der Waals surface area contributed by atoms with E-state index in [0.717, 1.165) is 43.7 Å². The van der Waals surface area contributed by atoms with E-state index in [4.69, 9.17) is 9.47 Å². The van der Waals surface area contributed by atoms with Crippen LogP contribution in [0, 0.1) is 5.92 Å². The maximum atomic E-state index is 12.5. The van der Waals surface area contributed by atoms with Gasteiger partial charge in [-0.15, -0.1) is 10.2 Å². The second-order valence-corrected chi connectivity index (χ2v) is 8.59. The molecule has 0 aliphatic carbocycles. The summed E-state index contributed by atoms with van der Waals surface area (Å²) in [6.45, 7) is 2.42. The minimum absolute atomic E-state index is 0.221. The largest absolute Gasteiger partial charge is 0.493 e.